The predicted octanol–water partition coefficient (Wildman–Crippen LogP) is 1.71. The summed E-state index contributed by atoms with van der Waals surface area (Å²) in [6.45, 7) is 3.43. The summed E-state index contributed by atoms with van der Waals surface area (Å²) in [7, 11) is 0. The summed E-state index contributed by atoms with van der Waals surface area (Å²) in [5.41, 5.74) is 0.871. The van der Waals surface area contributed by atoms with Crippen LogP contribution in [0.1, 0.15) is 19.8 Å². The molecular weight excluding hydrogens is 302 g/mol. The number of hydrogen-bond donors (Lipinski definition) is 2. The third-order valence-corrected chi connectivity index (χ3v) is 4.10. The van der Waals surface area contributed by atoms with Crippen molar-refractivity contribution in [3.8, 4) is 11.5 Å². The zero-order chi connectivity index (χ0) is 15.5. The van der Waals surface area contributed by atoms with E-state index in [0.29, 0.717) is 5.11 Å². The van der Waals surface area contributed by atoms with Crippen LogP contribution in [0.15, 0.2) is 18.2 Å². The molecule has 2 N–H and O–H groups in total. The molecule has 0 bridgehead atoms. The molecule has 1 aromatic rings. The molecule has 0 spiro atoms. The molecule has 0 radical (unpaired) electrons. The van der Waals surface area contributed by atoms with Crippen molar-refractivity contribution in [2.24, 2.45) is 0 Å². The number of rotatable bonds is 2. The Morgan fingerprint density at radius 2 is 2.18 bits per heavy atom. The highest BCUT2D eigenvalue weighted by molar-refractivity contribution is 7.80. The summed E-state index contributed by atoms with van der Waals surface area (Å²) < 4.78 is 10.7. The van der Waals surface area contributed by atoms with Crippen molar-refractivity contribution < 1.29 is 14.3 Å². The van der Waals surface area contributed by atoms with Gasteiger partial charge in [-0.1, -0.05) is 0 Å². The molecule has 1 saturated heterocycles. The number of nitrogens with one attached hydrogen (secondary N) is 2. The maximum absolute atomic E-state index is 11.2. The van der Waals surface area contributed by atoms with Crippen LogP contribution in [0, 0.1) is 0 Å². The molecule has 0 aliphatic carbocycles. The number of nitrogens with zero attached hydrogens (tertiary/aromatic N) is 1. The van der Waals surface area contributed by atoms with Crippen LogP contribution in [0.25, 0.3) is 0 Å². The van der Waals surface area contributed by atoms with Crippen LogP contribution in [0.2, 0.25) is 0 Å². The van der Waals surface area contributed by atoms with Crippen LogP contribution in [0.4, 0.5) is 5.69 Å². The van der Waals surface area contributed by atoms with E-state index in [1.54, 1.807) is 6.92 Å². The predicted molar refractivity (Wildman–Crippen MR) is 87.2 cm³/mol. The van der Waals surface area contributed by atoms with E-state index in [2.05, 4.69) is 15.5 Å². The largest absolute Gasteiger partial charge is 0.454 e. The number of carbonyl (C=O) groups excluding carboxylic acids is 1. The molecule has 1 aromatic carbocycles. The Morgan fingerprint density at radius 1 is 1.36 bits per heavy atom. The van der Waals surface area contributed by atoms with Crippen molar-refractivity contribution >= 4 is 28.9 Å². The third-order valence-electron chi connectivity index (χ3n) is 3.74. The molecule has 7 heteroatoms. The van der Waals surface area contributed by atoms with E-state index in [9.17, 15) is 4.79 Å². The number of piperidine rings is 1. The molecular formula is C15H19N3O3S. The first-order chi connectivity index (χ1) is 10.6. The Morgan fingerprint density at radius 3 is 3.00 bits per heavy atom. The van der Waals surface area contributed by atoms with Crippen molar-refractivity contribution in [1.82, 2.24) is 10.2 Å². The molecule has 6 nitrogen and oxygen atoms in total. The molecule has 118 valence electrons. The highest BCUT2D eigenvalue weighted by Crippen LogP contribution is 2.34. The van der Waals surface area contributed by atoms with E-state index in [0.717, 1.165) is 43.1 Å². The van der Waals surface area contributed by atoms with Crippen molar-refractivity contribution in [3.05, 3.63) is 18.2 Å². The van der Waals surface area contributed by atoms with Crippen molar-refractivity contribution in [2.45, 2.75) is 25.8 Å². The molecule has 0 aromatic heterocycles. The van der Waals surface area contributed by atoms with Gasteiger partial charge >= 0.3 is 0 Å². The normalized spacial score (nSPS) is 19.7. The minimum Gasteiger partial charge on any atom is -0.454 e. The standard InChI is InChI=1S/C15H19N3O3S/c1-10(19)16-12-3-2-6-18(8-12)15(22)17-11-4-5-13-14(7-11)21-9-20-13/h4-5,7,12H,2-3,6,8-9H2,1H3,(H,16,19)(H,17,22). The molecule has 1 amide bonds. The molecule has 2 heterocycles. The molecule has 1 fully saturated rings. The van der Waals surface area contributed by atoms with Gasteiger partial charge in [0.1, 0.15) is 0 Å². The second kappa shape index (κ2) is 6.39. The monoisotopic (exact) mass is 321 g/mol. The van der Waals surface area contributed by atoms with E-state index < -0.39 is 0 Å². The fourth-order valence-electron chi connectivity index (χ4n) is 2.74. The number of hydrogen-bond acceptors (Lipinski definition) is 4. The van der Waals surface area contributed by atoms with E-state index in [1.165, 1.54) is 0 Å². The van der Waals surface area contributed by atoms with Crippen molar-refractivity contribution in [1.29, 1.82) is 0 Å². The smallest absolute Gasteiger partial charge is 0.231 e. The van der Waals surface area contributed by atoms with Gasteiger partial charge in [-0.05, 0) is 37.2 Å². The summed E-state index contributed by atoms with van der Waals surface area (Å²) in [5.74, 6) is 1.48. The van der Waals surface area contributed by atoms with Gasteiger partial charge in [0.2, 0.25) is 12.7 Å². The Hall–Kier alpha value is -2.02. The second-order valence-electron chi connectivity index (χ2n) is 5.48. The maximum Gasteiger partial charge on any atom is 0.231 e. The molecule has 3 rings (SSSR count). The lowest BCUT2D eigenvalue weighted by molar-refractivity contribution is -0.119. The first kappa shape index (κ1) is 14.9. The van der Waals surface area contributed by atoms with Crippen LogP contribution in [0.5, 0.6) is 11.5 Å². The van der Waals surface area contributed by atoms with Gasteiger partial charge in [0.05, 0.1) is 0 Å². The lowest BCUT2D eigenvalue weighted by Gasteiger charge is -2.34. The Kier molecular flexibility index (Phi) is 4.33. The van der Waals surface area contributed by atoms with E-state index >= 15 is 0 Å². The first-order valence-corrected chi connectivity index (χ1v) is 7.75. The summed E-state index contributed by atoms with van der Waals surface area (Å²) >= 11 is 5.48. The minimum absolute atomic E-state index is 0.00139. The Bertz CT molecular complexity index is 593. The molecule has 1 unspecified atom stereocenters. The van der Waals surface area contributed by atoms with Gasteiger partial charge in [0.15, 0.2) is 16.6 Å². The van der Waals surface area contributed by atoms with E-state index in [1.807, 2.05) is 18.2 Å². The number of carbonyl (C=O) groups is 1. The number of likely N-dealkylation sites (tertiary alicyclic amines) is 1. The van der Waals surface area contributed by atoms with Crippen LogP contribution in [-0.2, 0) is 4.79 Å². The van der Waals surface area contributed by atoms with Gasteiger partial charge in [-0.2, -0.15) is 0 Å². The highest BCUT2D eigenvalue weighted by atomic mass is 32.1. The Balaban J connectivity index is 1.60. The minimum atomic E-state index is 0.00139. The van der Waals surface area contributed by atoms with Crippen molar-refractivity contribution in [2.75, 3.05) is 25.2 Å². The average molecular weight is 321 g/mol. The lowest BCUT2D eigenvalue weighted by atomic mass is 10.1. The topological polar surface area (TPSA) is 62.8 Å². The number of ether oxygens (including phenoxy) is 2. The summed E-state index contributed by atoms with van der Waals surface area (Å²) in [6.07, 6.45) is 2.00. The zero-order valence-corrected chi connectivity index (χ0v) is 13.2. The van der Waals surface area contributed by atoms with Crippen LogP contribution < -0.4 is 20.1 Å². The van der Waals surface area contributed by atoms with Gasteiger partial charge in [-0.3, -0.25) is 4.79 Å². The van der Waals surface area contributed by atoms with Gasteiger partial charge in [-0.15, -0.1) is 0 Å². The Labute approximate surface area is 134 Å². The van der Waals surface area contributed by atoms with Crippen molar-refractivity contribution in [3.63, 3.8) is 0 Å². The van der Waals surface area contributed by atoms with Crippen LogP contribution >= 0.6 is 12.2 Å². The molecule has 2 aliphatic rings. The van der Waals surface area contributed by atoms with Crippen LogP contribution in [-0.4, -0.2) is 41.8 Å². The number of amides is 1. The van der Waals surface area contributed by atoms with E-state index in [4.69, 9.17) is 21.7 Å². The second-order valence-corrected chi connectivity index (χ2v) is 5.87. The number of anilines is 1. The molecule has 22 heavy (non-hydrogen) atoms. The number of thiocarbonyl (C=S) groups is 1. The quantitative estimate of drug-likeness (QED) is 0.809. The fraction of sp³-hybridized carbons (Fsp3) is 0.467. The van der Waals surface area contributed by atoms with Gasteiger partial charge in [-0.25, -0.2) is 0 Å². The molecule has 2 aliphatic heterocycles. The summed E-state index contributed by atoms with van der Waals surface area (Å²) in [4.78, 5) is 13.3. The first-order valence-electron chi connectivity index (χ1n) is 7.34. The van der Waals surface area contributed by atoms with Gasteiger partial charge in [0.25, 0.3) is 0 Å². The summed E-state index contributed by atoms with van der Waals surface area (Å²) in [6, 6.07) is 5.81. The van der Waals surface area contributed by atoms with Gasteiger partial charge < -0.3 is 25.0 Å². The summed E-state index contributed by atoms with van der Waals surface area (Å²) in [5, 5.41) is 6.85. The third kappa shape index (κ3) is 3.41. The molecule has 0 saturated carbocycles. The van der Waals surface area contributed by atoms with E-state index in [-0.39, 0.29) is 18.7 Å². The number of fused-ring (bicyclic) bond motifs is 1. The number of benzene rings is 1. The van der Waals surface area contributed by atoms with Crippen LogP contribution in [0.3, 0.4) is 0 Å². The highest BCUT2D eigenvalue weighted by Gasteiger charge is 2.22. The zero-order valence-electron chi connectivity index (χ0n) is 12.4. The maximum atomic E-state index is 11.2. The lowest BCUT2D eigenvalue weighted by Crippen LogP contribution is -2.50. The average Bonchev–Trinajstić information content (AvgIpc) is 2.94. The van der Waals surface area contributed by atoms with Gasteiger partial charge in [0, 0.05) is 37.8 Å². The fourth-order valence-corrected chi connectivity index (χ4v) is 3.03. The molecule has 1 atom stereocenters. The SMILES string of the molecule is CC(=O)NC1CCCN(C(=S)Nc2ccc3c(c2)OCO3)C1.